The Kier molecular flexibility index (Phi) is 5.37. The Bertz CT molecular complexity index is 3290. The van der Waals surface area contributed by atoms with Crippen molar-refractivity contribution in [1.82, 2.24) is 15.0 Å². The molecule has 1 aliphatic heterocycles. The number of aromatic nitrogens is 3. The van der Waals surface area contributed by atoms with Crippen LogP contribution in [0.4, 0.5) is 17.1 Å². The number of nitrogens with zero attached hydrogens (tertiary/aromatic N) is 4. The highest BCUT2D eigenvalue weighted by atomic mass is 32.1. The van der Waals surface area contributed by atoms with E-state index in [0.29, 0.717) is 17.2 Å². The molecule has 1 aliphatic rings. The second-order valence-electron chi connectivity index (χ2n) is 12.9. The van der Waals surface area contributed by atoms with Crippen molar-refractivity contribution in [1.29, 1.82) is 0 Å². The van der Waals surface area contributed by atoms with E-state index in [4.69, 9.17) is 21.8 Å². The van der Waals surface area contributed by atoms with E-state index in [2.05, 4.69) is 108 Å². The fraction of sp³-hybridized carbons (Fsp3) is 0. The molecule has 52 heavy (non-hydrogen) atoms. The maximum Gasteiger partial charge on any atom is 0.164 e. The van der Waals surface area contributed by atoms with E-state index in [1.165, 1.54) is 37.4 Å². The van der Waals surface area contributed by atoms with Gasteiger partial charge in [-0.1, -0.05) is 121 Å². The van der Waals surface area contributed by atoms with Crippen LogP contribution in [0.15, 0.2) is 170 Å². The summed E-state index contributed by atoms with van der Waals surface area (Å²) in [5.41, 5.74) is 6.84. The van der Waals surface area contributed by atoms with E-state index in [9.17, 15) is 0 Å². The molecule has 2 aromatic heterocycles. The van der Waals surface area contributed by atoms with E-state index < -0.39 is 18.1 Å². The number of benzene rings is 8. The first-order valence-corrected chi connectivity index (χ1v) is 17.9. The van der Waals surface area contributed by atoms with Crippen molar-refractivity contribution in [3.8, 4) is 45.3 Å². The lowest BCUT2D eigenvalue weighted by atomic mass is 9.87. The van der Waals surface area contributed by atoms with Gasteiger partial charge in [-0.05, 0) is 70.3 Å². The fourth-order valence-electron chi connectivity index (χ4n) is 7.59. The lowest BCUT2D eigenvalue weighted by Gasteiger charge is -2.34. The van der Waals surface area contributed by atoms with Crippen molar-refractivity contribution >= 4 is 70.1 Å². The number of anilines is 3. The first-order chi connectivity index (χ1) is 27.8. The minimum Gasteiger partial charge on any atom is -0.309 e. The van der Waals surface area contributed by atoms with Crippen LogP contribution in [0.1, 0.15) is 6.85 Å². The van der Waals surface area contributed by atoms with E-state index in [0.717, 1.165) is 38.1 Å². The molecule has 11 rings (SSSR count). The molecular weight excluding hydrogens is 653 g/mol. The van der Waals surface area contributed by atoms with E-state index in [-0.39, 0.29) is 23.5 Å². The molecule has 0 amide bonds. The fourth-order valence-corrected chi connectivity index (χ4v) is 8.73. The van der Waals surface area contributed by atoms with Crippen LogP contribution < -0.4 is 4.90 Å². The quantitative estimate of drug-likeness (QED) is 0.185. The Morgan fingerprint density at radius 3 is 2.00 bits per heavy atom. The summed E-state index contributed by atoms with van der Waals surface area (Å²) in [4.78, 5) is 16.9. The van der Waals surface area contributed by atoms with E-state index in [1.807, 2.05) is 36.4 Å². The molecule has 0 N–H and O–H groups in total. The third-order valence-corrected chi connectivity index (χ3v) is 11.1. The molecule has 0 bridgehead atoms. The average Bonchev–Trinajstić information content (AvgIpc) is 3.63. The van der Waals surface area contributed by atoms with Crippen molar-refractivity contribution < 1.29 is 6.85 Å². The molecule has 10 aromatic rings. The maximum absolute atomic E-state index is 8.77. The van der Waals surface area contributed by atoms with Crippen LogP contribution in [0.5, 0.6) is 0 Å². The lowest BCUT2D eigenvalue weighted by Crippen LogP contribution is -2.15. The zero-order chi connectivity index (χ0) is 38.5. The molecule has 4 nitrogen and oxygen atoms in total. The van der Waals surface area contributed by atoms with Crippen molar-refractivity contribution in [2.75, 3.05) is 4.90 Å². The van der Waals surface area contributed by atoms with Gasteiger partial charge in [0.15, 0.2) is 17.5 Å². The van der Waals surface area contributed by atoms with Gasteiger partial charge in [0, 0.05) is 53.5 Å². The molecule has 0 unspecified atom stereocenters. The summed E-state index contributed by atoms with van der Waals surface area (Å²) in [6.45, 7) is 0. The predicted molar refractivity (Wildman–Crippen MR) is 218 cm³/mol. The van der Waals surface area contributed by atoms with Gasteiger partial charge < -0.3 is 4.90 Å². The maximum atomic E-state index is 8.77. The third-order valence-electron chi connectivity index (χ3n) is 9.92. The van der Waals surface area contributed by atoms with Crippen LogP contribution in [-0.2, 0) is 0 Å². The van der Waals surface area contributed by atoms with Gasteiger partial charge >= 0.3 is 0 Å². The first-order valence-electron chi connectivity index (χ1n) is 19.5. The predicted octanol–water partition coefficient (Wildman–Crippen LogP) is 13.0. The average molecular weight is 686 g/mol. The SMILES string of the molecule is [2H]c1c([2H])c([2H])c(-c2nc(-c3ccc(N4c5ccc6ccccc6c5-c5cccc6cccc4c56)cc3)nc(-c3ccc4c(c3)sc3ccccc34)n2)c([2H])c1[2H]. The summed E-state index contributed by atoms with van der Waals surface area (Å²) in [5.74, 6) is 0.667. The number of hydrogen-bond acceptors (Lipinski definition) is 5. The van der Waals surface area contributed by atoms with Crippen LogP contribution in [0, 0.1) is 0 Å². The van der Waals surface area contributed by atoms with Gasteiger partial charge in [-0.3, -0.25) is 0 Å². The highest BCUT2D eigenvalue weighted by molar-refractivity contribution is 7.25. The summed E-state index contributed by atoms with van der Waals surface area (Å²) < 4.78 is 44.7. The van der Waals surface area contributed by atoms with Crippen molar-refractivity contribution in [3.05, 3.63) is 170 Å². The molecule has 5 heteroatoms. The van der Waals surface area contributed by atoms with Gasteiger partial charge in [0.25, 0.3) is 0 Å². The molecular formula is C47H28N4S. The molecule has 8 aromatic carbocycles. The molecule has 0 atom stereocenters. The second kappa shape index (κ2) is 11.4. The van der Waals surface area contributed by atoms with Crippen LogP contribution in [0.2, 0.25) is 0 Å². The van der Waals surface area contributed by atoms with Crippen molar-refractivity contribution in [2.24, 2.45) is 0 Å². The topological polar surface area (TPSA) is 41.9 Å². The standard InChI is InChI=1S/C47H28N4S/c1-2-11-31(12-3-1)45-48-46(50-47(49-45)33-22-26-37-36-16-6-7-19-41(36)52-42(37)28-33)32-20-24-34(25-21-32)51-39-18-9-14-30-13-8-17-38(43(30)39)44-35-15-5-4-10-29(35)23-27-40(44)51/h1-28H/i1D,2D,3D,11D,12D. The van der Waals surface area contributed by atoms with Crippen molar-refractivity contribution in [2.45, 2.75) is 0 Å². The minimum atomic E-state index is -0.473. The highest BCUT2D eigenvalue weighted by Gasteiger charge is 2.27. The Morgan fingerprint density at radius 1 is 0.481 bits per heavy atom. The van der Waals surface area contributed by atoms with Gasteiger partial charge in [-0.2, -0.15) is 0 Å². The normalized spacial score (nSPS) is 13.5. The number of thiophene rings is 1. The molecule has 0 spiro atoms. The van der Waals surface area contributed by atoms with Crippen LogP contribution in [0.3, 0.4) is 0 Å². The summed E-state index contributed by atoms with van der Waals surface area (Å²) in [6.07, 6.45) is 0. The molecule has 0 saturated carbocycles. The Morgan fingerprint density at radius 2 is 1.15 bits per heavy atom. The van der Waals surface area contributed by atoms with Gasteiger partial charge in [-0.25, -0.2) is 15.0 Å². The Labute approximate surface area is 311 Å². The number of rotatable bonds is 4. The smallest absolute Gasteiger partial charge is 0.164 e. The molecule has 0 aliphatic carbocycles. The Balaban J connectivity index is 1.09. The summed E-state index contributed by atoms with van der Waals surface area (Å²) in [6, 6.07) is 46.0. The summed E-state index contributed by atoms with van der Waals surface area (Å²) in [5, 5.41) is 7.01. The molecule has 0 fully saturated rings. The number of hydrogen-bond donors (Lipinski definition) is 0. The largest absolute Gasteiger partial charge is 0.309 e. The lowest BCUT2D eigenvalue weighted by molar-refractivity contribution is 1.07. The van der Waals surface area contributed by atoms with Crippen LogP contribution in [-0.4, -0.2) is 15.0 Å². The Hall–Kier alpha value is -6.69. The van der Waals surface area contributed by atoms with E-state index in [1.54, 1.807) is 11.3 Å². The van der Waals surface area contributed by atoms with Gasteiger partial charge in [0.1, 0.15) is 0 Å². The molecule has 0 radical (unpaired) electrons. The highest BCUT2D eigenvalue weighted by Crippen LogP contribution is 2.53. The summed E-state index contributed by atoms with van der Waals surface area (Å²) >= 11 is 1.68. The van der Waals surface area contributed by atoms with Crippen molar-refractivity contribution in [3.63, 3.8) is 0 Å². The second-order valence-corrected chi connectivity index (χ2v) is 13.9. The van der Waals surface area contributed by atoms with Gasteiger partial charge in [-0.15, -0.1) is 11.3 Å². The monoisotopic (exact) mass is 685 g/mol. The zero-order valence-corrected chi connectivity index (χ0v) is 28.3. The molecule has 3 heterocycles. The van der Waals surface area contributed by atoms with Gasteiger partial charge in [0.2, 0.25) is 0 Å². The molecule has 242 valence electrons. The van der Waals surface area contributed by atoms with Crippen LogP contribution in [0.25, 0.3) is 87.0 Å². The minimum absolute atomic E-state index is 0.00707. The summed E-state index contributed by atoms with van der Waals surface area (Å²) in [7, 11) is 0. The first kappa shape index (κ1) is 24.5. The number of fused-ring (bicyclic) bond motifs is 7. The molecule has 0 saturated heterocycles. The van der Waals surface area contributed by atoms with E-state index >= 15 is 0 Å². The van der Waals surface area contributed by atoms with Gasteiger partial charge in [0.05, 0.1) is 18.2 Å². The third kappa shape index (κ3) is 4.50. The van der Waals surface area contributed by atoms with Crippen LogP contribution >= 0.6 is 11.3 Å². The zero-order valence-electron chi connectivity index (χ0n) is 32.5.